The zero-order chi connectivity index (χ0) is 17.9. The van der Waals surface area contributed by atoms with Crippen molar-refractivity contribution in [2.45, 2.75) is 39.0 Å². The molecule has 4 heteroatoms. The lowest BCUT2D eigenvalue weighted by atomic mass is 9.81. The number of fused-ring (bicyclic) bond motifs is 1. The van der Waals surface area contributed by atoms with E-state index in [2.05, 4.69) is 78.2 Å². The fourth-order valence-corrected chi connectivity index (χ4v) is 3.94. The predicted octanol–water partition coefficient (Wildman–Crippen LogP) is 4.47. The molecule has 0 saturated carbocycles. The third kappa shape index (κ3) is 3.66. The van der Waals surface area contributed by atoms with Crippen molar-refractivity contribution in [3.63, 3.8) is 0 Å². The molecular formula is C21H25NO2S. The molecule has 0 saturated heterocycles. The Hall–Kier alpha value is -1.62. The van der Waals surface area contributed by atoms with E-state index < -0.39 is 0 Å². The Morgan fingerprint density at radius 3 is 2.52 bits per heavy atom. The molecule has 0 bridgehead atoms. The number of nitrogens with zero attached hydrogens (tertiary/aromatic N) is 1. The number of unbranched alkanes of at least 4 members (excludes halogenated alkanes) is 1. The molecule has 2 aromatic carbocycles. The van der Waals surface area contributed by atoms with E-state index in [9.17, 15) is 5.26 Å². The Morgan fingerprint density at radius 2 is 1.80 bits per heavy atom. The first kappa shape index (κ1) is 18.2. The van der Waals surface area contributed by atoms with Crippen molar-refractivity contribution in [1.29, 1.82) is 0 Å². The van der Waals surface area contributed by atoms with Gasteiger partial charge in [-0.3, -0.25) is 0 Å². The van der Waals surface area contributed by atoms with Gasteiger partial charge in [0.05, 0.1) is 5.41 Å². The molecule has 0 N–H and O–H groups in total. The van der Waals surface area contributed by atoms with Crippen LogP contribution < -0.4 is 5.26 Å². The van der Waals surface area contributed by atoms with Crippen LogP contribution in [0.15, 0.2) is 48.5 Å². The van der Waals surface area contributed by atoms with Crippen molar-refractivity contribution < 1.29 is 14.2 Å². The first-order valence-corrected chi connectivity index (χ1v) is 9.69. The molecule has 3 nitrogen and oxygen atoms in total. The van der Waals surface area contributed by atoms with Crippen LogP contribution in [0.4, 0.5) is 5.69 Å². The van der Waals surface area contributed by atoms with E-state index in [0.29, 0.717) is 0 Å². The summed E-state index contributed by atoms with van der Waals surface area (Å²) >= 11 is 0.995. The summed E-state index contributed by atoms with van der Waals surface area (Å²) in [7, 11) is 0. The normalized spacial score (nSPS) is 15.5. The minimum Gasteiger partial charge on any atom is -0.711 e. The van der Waals surface area contributed by atoms with Gasteiger partial charge in [0.15, 0.2) is 5.71 Å². The van der Waals surface area contributed by atoms with Gasteiger partial charge in [-0.1, -0.05) is 30.3 Å². The van der Waals surface area contributed by atoms with Crippen LogP contribution in [0.25, 0.3) is 11.1 Å². The van der Waals surface area contributed by atoms with Crippen LogP contribution >= 0.6 is 12.0 Å². The maximum Gasteiger partial charge on any atom is 0.209 e. The molecule has 25 heavy (non-hydrogen) atoms. The zero-order valence-corrected chi connectivity index (χ0v) is 15.9. The number of hydrogen-bond donors (Lipinski definition) is 0. The van der Waals surface area contributed by atoms with Crippen LogP contribution in [-0.4, -0.2) is 22.6 Å². The second-order valence-corrected chi connectivity index (χ2v) is 7.84. The van der Waals surface area contributed by atoms with E-state index in [1.54, 1.807) is 0 Å². The molecule has 0 amide bonds. The fraction of sp³-hybridized carbons (Fsp3) is 0.381. The minimum atomic E-state index is 0.0347. The lowest BCUT2D eigenvalue weighted by Crippen LogP contribution is -2.26. The number of rotatable bonds is 7. The summed E-state index contributed by atoms with van der Waals surface area (Å²) in [5.41, 5.74) is 6.66. The van der Waals surface area contributed by atoms with Crippen LogP contribution in [0.5, 0.6) is 0 Å². The highest BCUT2D eigenvalue weighted by Gasteiger charge is 2.42. The predicted molar refractivity (Wildman–Crippen MR) is 103 cm³/mol. The molecule has 3 rings (SSSR count). The van der Waals surface area contributed by atoms with Crippen LogP contribution in [0, 0.1) is 0 Å². The average molecular weight is 356 g/mol. The summed E-state index contributed by atoms with van der Waals surface area (Å²) in [6.07, 6.45) is 2.03. The SMILES string of the molecule is CC1=[N+](CCCCSO[O-])c2ccc(-c3ccccc3)cc2C1(C)C. The molecule has 0 fully saturated rings. The van der Waals surface area contributed by atoms with Gasteiger partial charge < -0.3 is 9.59 Å². The van der Waals surface area contributed by atoms with Crippen molar-refractivity contribution in [2.75, 3.05) is 12.3 Å². The lowest BCUT2D eigenvalue weighted by molar-refractivity contribution is -0.630. The van der Waals surface area contributed by atoms with Crippen LogP contribution in [0.2, 0.25) is 0 Å². The minimum absolute atomic E-state index is 0.0347. The molecule has 0 aliphatic carbocycles. The highest BCUT2D eigenvalue weighted by atomic mass is 32.2. The maximum absolute atomic E-state index is 10.0. The topological polar surface area (TPSA) is 35.3 Å². The molecule has 1 heterocycles. The molecule has 0 aromatic heterocycles. The molecule has 132 valence electrons. The van der Waals surface area contributed by atoms with Crippen LogP contribution in [0.3, 0.4) is 0 Å². The van der Waals surface area contributed by atoms with Crippen molar-refractivity contribution in [3.8, 4) is 11.1 Å². The van der Waals surface area contributed by atoms with Gasteiger partial charge >= 0.3 is 0 Å². The molecule has 0 spiro atoms. The van der Waals surface area contributed by atoms with Gasteiger partial charge in [0, 0.05) is 30.7 Å². The third-order valence-corrected chi connectivity index (χ3v) is 5.84. The van der Waals surface area contributed by atoms with Crippen LogP contribution in [-0.2, 0) is 9.75 Å². The van der Waals surface area contributed by atoms with Crippen LogP contribution in [0.1, 0.15) is 39.2 Å². The molecule has 0 radical (unpaired) electrons. The Balaban J connectivity index is 1.85. The first-order valence-electron chi connectivity index (χ1n) is 8.78. The summed E-state index contributed by atoms with van der Waals surface area (Å²) in [4.78, 5) is 0. The van der Waals surface area contributed by atoms with E-state index in [1.807, 2.05) is 0 Å². The van der Waals surface area contributed by atoms with Gasteiger partial charge in [-0.25, -0.2) is 0 Å². The standard InChI is InChI=1S/C21H25NO2S/c1-16-21(2,3)19-15-18(17-9-5-4-6-10-17)11-12-20(19)22(16)13-7-8-14-25-24-23/h4-6,9-12,15H,7-8,13-14H2,1-3H3. The van der Waals surface area contributed by atoms with E-state index in [4.69, 9.17) is 0 Å². The second kappa shape index (κ2) is 7.73. The largest absolute Gasteiger partial charge is 0.711 e. The summed E-state index contributed by atoms with van der Waals surface area (Å²) in [5, 5.41) is 10.0. The molecule has 1 aliphatic heterocycles. The highest BCUT2D eigenvalue weighted by molar-refractivity contribution is 7.94. The quantitative estimate of drug-likeness (QED) is 0.242. The van der Waals surface area contributed by atoms with E-state index >= 15 is 0 Å². The zero-order valence-electron chi connectivity index (χ0n) is 15.1. The fourth-order valence-electron chi connectivity index (χ4n) is 3.55. The number of benzene rings is 2. The van der Waals surface area contributed by atoms with Gasteiger partial charge in [-0.05, 0) is 55.6 Å². The summed E-state index contributed by atoms with van der Waals surface area (Å²) in [6.45, 7) is 7.82. The van der Waals surface area contributed by atoms with Gasteiger partial charge in [-0.15, -0.1) is 0 Å². The van der Waals surface area contributed by atoms with Crippen molar-refractivity contribution in [2.24, 2.45) is 0 Å². The van der Waals surface area contributed by atoms with Crippen molar-refractivity contribution in [1.82, 2.24) is 0 Å². The molecule has 0 unspecified atom stereocenters. The van der Waals surface area contributed by atoms with E-state index in [1.165, 1.54) is 28.1 Å². The lowest BCUT2D eigenvalue weighted by Gasteiger charge is -2.16. The van der Waals surface area contributed by atoms with Crippen molar-refractivity contribution in [3.05, 3.63) is 54.1 Å². The third-order valence-electron chi connectivity index (χ3n) is 5.28. The molecular weight excluding hydrogens is 330 g/mol. The smallest absolute Gasteiger partial charge is 0.209 e. The highest BCUT2D eigenvalue weighted by Crippen LogP contribution is 2.41. The molecule has 0 atom stereocenters. The van der Waals surface area contributed by atoms with Crippen molar-refractivity contribution >= 4 is 23.4 Å². The van der Waals surface area contributed by atoms with E-state index in [0.717, 1.165) is 37.2 Å². The molecule has 1 aliphatic rings. The Labute approximate surface area is 154 Å². The van der Waals surface area contributed by atoms with Gasteiger partial charge in [0.25, 0.3) is 0 Å². The Bertz CT molecular complexity index is 769. The van der Waals surface area contributed by atoms with Gasteiger partial charge in [0.1, 0.15) is 6.54 Å². The van der Waals surface area contributed by atoms with Gasteiger partial charge in [0.2, 0.25) is 5.69 Å². The van der Waals surface area contributed by atoms with Gasteiger partial charge in [-0.2, -0.15) is 4.58 Å². The average Bonchev–Trinajstić information content (AvgIpc) is 2.82. The monoisotopic (exact) mass is 355 g/mol. The Kier molecular flexibility index (Phi) is 5.62. The summed E-state index contributed by atoms with van der Waals surface area (Å²) in [6, 6.07) is 17.4. The van der Waals surface area contributed by atoms with E-state index in [-0.39, 0.29) is 5.41 Å². The summed E-state index contributed by atoms with van der Waals surface area (Å²) < 4.78 is 6.26. The second-order valence-electron chi connectivity index (χ2n) is 7.06. The summed E-state index contributed by atoms with van der Waals surface area (Å²) in [5.74, 6) is 0.750. The Morgan fingerprint density at radius 1 is 1.04 bits per heavy atom. The molecule has 2 aromatic rings. The first-order chi connectivity index (χ1) is 12.1. The number of hydrogen-bond acceptors (Lipinski definition) is 3. The maximum atomic E-state index is 10.0.